The smallest absolute Gasteiger partial charge is 0.411 e. The van der Waals surface area contributed by atoms with Gasteiger partial charge in [-0.15, -0.1) is 0 Å². The normalized spacial score (nSPS) is 27.9. The van der Waals surface area contributed by atoms with Gasteiger partial charge in [0.25, 0.3) is 0 Å². The number of hydroxylamine groups is 1. The first kappa shape index (κ1) is 112. The lowest BCUT2D eigenvalue weighted by Crippen LogP contribution is -2.65. The summed E-state index contributed by atoms with van der Waals surface area (Å²) in [7, 11) is 9.15. The van der Waals surface area contributed by atoms with Gasteiger partial charge in [-0.1, -0.05) is 82.2 Å². The van der Waals surface area contributed by atoms with Crippen LogP contribution >= 0.6 is 55.9 Å². The predicted octanol–water partition coefficient (Wildman–Crippen LogP) is 4.43. The number of allylic oxidation sites excluding steroid dienone is 3. The number of nitrogens with one attached hydrogen (secondary N) is 5. The van der Waals surface area contributed by atoms with E-state index in [-0.39, 0.29) is 140 Å². The van der Waals surface area contributed by atoms with Gasteiger partial charge >= 0.3 is 18.2 Å². The van der Waals surface area contributed by atoms with Crippen molar-refractivity contribution in [2.45, 2.75) is 273 Å². The maximum Gasteiger partial charge on any atom is 0.411 e. The number of benzene rings is 2. The average Bonchev–Trinajstić information content (AvgIpc) is 0.751. The number of ketones is 4. The summed E-state index contributed by atoms with van der Waals surface area (Å²) in [6.07, 6.45) is -19.2. The number of hydrogen-bond donors (Lipinski definition) is 12. The maximum absolute atomic E-state index is 14.7. The number of amides is 7. The number of nitrogens with zero attached hydrogens (tertiary/aromatic N) is 2. The van der Waals surface area contributed by atoms with E-state index in [1.807, 2.05) is 36.4 Å². The minimum Gasteiger partial charge on any atom is -0.492 e. The van der Waals surface area contributed by atoms with Gasteiger partial charge in [0.15, 0.2) is 47.5 Å². The molecule has 13 N–H and O–H groups in total. The number of ether oxygens (including phenoxy) is 13. The Balaban J connectivity index is 0.859. The van der Waals surface area contributed by atoms with Crippen LogP contribution in [0.2, 0.25) is 0 Å². The number of carbonyl (C=O) groups is 13. The number of rotatable bonds is 43. The third-order valence-corrected chi connectivity index (χ3v) is 29.9. The number of primary amides is 1. The Morgan fingerprint density at radius 3 is 2.12 bits per heavy atom. The number of likely N-dealkylation sites (tertiary alicyclic amines) is 1. The zero-order chi connectivity index (χ0) is 101. The Hall–Kier alpha value is -8.93. The number of likely N-dealkylation sites (N-methyl/N-ethyl adjacent to an activating group) is 1. The number of carboxylic acids is 1. The van der Waals surface area contributed by atoms with Crippen LogP contribution in [0, 0.1) is 51.9 Å². The summed E-state index contributed by atoms with van der Waals surface area (Å²) in [4.78, 5) is 181. The molecule has 754 valence electrons. The van der Waals surface area contributed by atoms with Crippen LogP contribution in [-0.4, -0.2) is 316 Å². The number of aliphatic hydroxyl groups is 5. The second-order valence-electron chi connectivity index (χ2n) is 34.7. The summed E-state index contributed by atoms with van der Waals surface area (Å²) >= 11 is 2.72. The molecular formula is C92H123IN8O33S3. The number of fused-ring (bicyclic) bond motifs is 2. The van der Waals surface area contributed by atoms with Gasteiger partial charge in [0.1, 0.15) is 61.3 Å². The lowest BCUT2D eigenvalue weighted by atomic mass is 9.75. The number of aliphatic hydroxyl groups excluding tert-OH is 4. The largest absolute Gasteiger partial charge is 0.492 e. The Morgan fingerprint density at radius 1 is 0.796 bits per heavy atom. The van der Waals surface area contributed by atoms with Crippen LogP contribution < -0.4 is 46.7 Å². The molecule has 45 heteroatoms. The van der Waals surface area contributed by atoms with Crippen molar-refractivity contribution in [3.05, 3.63) is 79.6 Å². The van der Waals surface area contributed by atoms with Crippen molar-refractivity contribution in [2.24, 2.45) is 23.5 Å². The Labute approximate surface area is 819 Å². The number of carboxylic acid groups (broad SMARTS) is 1. The number of halogens is 1. The van der Waals surface area contributed by atoms with E-state index in [9.17, 15) is 93.0 Å². The van der Waals surface area contributed by atoms with Crippen LogP contribution in [0.15, 0.2) is 59.3 Å². The summed E-state index contributed by atoms with van der Waals surface area (Å²) < 4.78 is 78.5. The number of thioether (sulfide) groups is 1. The van der Waals surface area contributed by atoms with Crippen molar-refractivity contribution < 1.29 is 159 Å². The quantitative estimate of drug-likeness (QED) is 0.0144. The zero-order valence-corrected chi connectivity index (χ0v) is 83.4. The highest BCUT2D eigenvalue weighted by atomic mass is 127. The summed E-state index contributed by atoms with van der Waals surface area (Å²) in [6.45, 7) is 15.6. The van der Waals surface area contributed by atoms with Crippen LogP contribution in [0.5, 0.6) is 17.2 Å². The molecule has 5 fully saturated rings. The molecule has 5 aliphatic heterocycles. The molecule has 0 spiro atoms. The summed E-state index contributed by atoms with van der Waals surface area (Å²) in [5.41, 5.74) is 6.62. The number of piperidine rings is 1. The van der Waals surface area contributed by atoms with Gasteiger partial charge in [0.05, 0.1) is 115 Å². The van der Waals surface area contributed by atoms with E-state index in [1.54, 1.807) is 40.7 Å². The fraction of sp³-hybridized carbons (Fsp3) is 0.620. The van der Waals surface area contributed by atoms with Gasteiger partial charge in [-0.05, 0) is 133 Å². The van der Waals surface area contributed by atoms with E-state index in [4.69, 9.17) is 72.2 Å². The Kier molecular flexibility index (Phi) is 42.0. The molecular weight excluding hydrogens is 1970 g/mol. The molecule has 0 radical (unpaired) electrons. The fourth-order valence-corrected chi connectivity index (χ4v) is 20.9. The van der Waals surface area contributed by atoms with E-state index in [0.717, 1.165) is 18.9 Å². The Morgan fingerprint density at radius 2 is 1.48 bits per heavy atom. The average molecular weight is 2090 g/mol. The first-order valence-corrected chi connectivity index (χ1v) is 48.8. The van der Waals surface area contributed by atoms with E-state index >= 15 is 0 Å². The van der Waals surface area contributed by atoms with Crippen molar-refractivity contribution in [2.75, 3.05) is 79.4 Å². The molecule has 5 heterocycles. The molecule has 2 bridgehead atoms. The number of nitrogens with two attached hydrogens (primary N) is 1. The van der Waals surface area contributed by atoms with Gasteiger partial charge in [0.2, 0.25) is 46.7 Å². The zero-order valence-electron chi connectivity index (χ0n) is 78.8. The van der Waals surface area contributed by atoms with Crippen LogP contribution in [0.1, 0.15) is 154 Å². The number of carbonyl (C=O) groups excluding carboxylic acids is 12. The van der Waals surface area contributed by atoms with Crippen LogP contribution in [0.3, 0.4) is 0 Å². The number of alkyl carbamates (subject to hydrolysis) is 2. The third kappa shape index (κ3) is 29.8. The minimum absolute atomic E-state index is 0.00553. The lowest BCUT2D eigenvalue weighted by molar-refractivity contribution is -0.337. The van der Waals surface area contributed by atoms with Gasteiger partial charge in [-0.2, -0.15) is 5.48 Å². The van der Waals surface area contributed by atoms with Gasteiger partial charge < -0.3 is 124 Å². The molecule has 2 aliphatic carbocycles. The van der Waals surface area contributed by atoms with E-state index in [2.05, 4.69) is 50.4 Å². The Bertz CT molecular complexity index is 4930. The summed E-state index contributed by atoms with van der Waals surface area (Å²) in [6, 6.07) is 2.65. The maximum atomic E-state index is 14.7. The van der Waals surface area contributed by atoms with E-state index in [1.165, 1.54) is 117 Å². The highest BCUT2D eigenvalue weighted by molar-refractivity contribution is 14.1. The molecule has 0 aromatic heterocycles. The van der Waals surface area contributed by atoms with Gasteiger partial charge in [-0.3, -0.25) is 62.9 Å². The molecule has 17 unspecified atom stereocenters. The van der Waals surface area contributed by atoms with Crippen molar-refractivity contribution in [1.82, 2.24) is 31.2 Å². The lowest BCUT2D eigenvalue weighted by Gasteiger charge is -2.47. The third-order valence-electron chi connectivity index (χ3n) is 24.1. The van der Waals surface area contributed by atoms with Crippen LogP contribution in [-0.2, 0) is 107 Å². The minimum atomic E-state index is -2.25. The summed E-state index contributed by atoms with van der Waals surface area (Å²) in [5.74, 6) is 2.85. The molecule has 41 nitrogen and oxygen atoms in total. The molecule has 7 amide bonds. The van der Waals surface area contributed by atoms with Crippen LogP contribution in [0.4, 0.5) is 15.3 Å². The number of methoxy groups -OCH3 is 5. The van der Waals surface area contributed by atoms with Crippen molar-refractivity contribution in [3.63, 3.8) is 0 Å². The number of hydrogen-bond acceptors (Lipinski definition) is 36. The van der Waals surface area contributed by atoms with Crippen molar-refractivity contribution >= 4 is 138 Å². The highest BCUT2D eigenvalue weighted by Gasteiger charge is 2.53. The second kappa shape index (κ2) is 51.5. The van der Waals surface area contributed by atoms with Gasteiger partial charge in [-0.25, -0.2) is 9.59 Å². The monoisotopic (exact) mass is 2090 g/mol. The molecule has 22 atom stereocenters. The molecule has 0 saturated carbocycles. The fourth-order valence-electron chi connectivity index (χ4n) is 16.7. The predicted molar refractivity (Wildman–Crippen MR) is 502 cm³/mol. The number of Topliss-reactive ketones (excluding diaryl/α,β-unsaturated/α-hetero) is 4. The molecule has 2 aromatic rings. The molecule has 9 rings (SSSR count). The topological polar surface area (TPSA) is 565 Å². The standard InChI is InChI=1S/C92H123IN8O33S3/c1-16-101(66(109)42-95-89(118)127-43-52-22-24-55(25-23-52)97-84(114)54(37-64(94)107)36-59(104)48(5)96-83(113)45(2)35-56(103)26-27-65(108)100-32-28-53(29-33-100)85(115)116)58-44-126-67(39-63(58)121-11)132-80-75(111)72(49(6)129-88(80)131-62-21-19-17-18-20-31-92(120)41-61(106)73(98-90(119)125-15)70(62)57(92)30-34-135-137-91(9,10)40-46(3)102)99-134-68-38-60(105)82(51(8)128-68)136-86(117)69-47(4)71(93)78(81(124-14)77(69)122-12)133-87-76(112)79(123-13)74(110)50(7)130-87/h17-18,22-25,30,45,48-51,53-54,58,60,62-63,67-68,72,74-76,79-80,82,87-88,99,105,110-112,120H,16,26-29,32-44H2,1-15H3,(H2,94,107)(H,95,118)(H,96,113)(H,97,114)(H,98,119)(H,115,116)/b18-17-,57-30+/t45-,48+,49?,50?,51?,54+,58?,60?,62+,63?,67?,68?,72?,74?,75?,76?,79?,80?,82?,87?,88?,92+/m1/s1. The first-order chi connectivity index (χ1) is 64.9. The van der Waals surface area contributed by atoms with Gasteiger partial charge in [0, 0.05) is 118 Å². The molecule has 2 aromatic carbocycles. The first-order valence-electron chi connectivity index (χ1n) is 44.6. The SMILES string of the molecule is CCN(C(=O)CNC(=O)OCc1ccc(NC(=O)[C@H](CC(N)=O)CC(=O)[C@H](C)NC(=O)[C@H](C)CC(=O)CCC(=O)N2CCC(C(=O)O)CC2)cc1)C1COC(OC2C(O[C@H]3C#C/C=C\C#C[C@]4(O)CC(=O)C(NC(=O)OC)=C3/C4=C\CSSC(C)(C)CC(C)=O)OC(C)C(NOC3CC(O)C(SC(=O)c4c(C)c(I)c(OC5OC(C)C(O)C(OC)C5O)c(OC)c4OC)C(C)O3)C2O)CC1OC. The molecule has 7 aliphatic rings. The number of aliphatic carboxylic acids is 1. The van der Waals surface area contributed by atoms with Crippen molar-refractivity contribution in [1.29, 1.82) is 0 Å². The van der Waals surface area contributed by atoms with E-state index in [0.29, 0.717) is 27.5 Å². The van der Waals surface area contributed by atoms with Crippen LogP contribution in [0.25, 0.3) is 0 Å². The molecule has 137 heavy (non-hydrogen) atoms. The second-order valence-corrected chi connectivity index (χ2v) is 39.9. The number of anilines is 1. The van der Waals surface area contributed by atoms with E-state index < -0.39 is 228 Å². The highest BCUT2D eigenvalue weighted by Crippen LogP contribution is 2.50. The molecule has 5 saturated heterocycles. The van der Waals surface area contributed by atoms with Crippen molar-refractivity contribution in [3.8, 4) is 40.9 Å². The summed E-state index contributed by atoms with van der Waals surface area (Å²) in [5, 5.41) is 77.4.